The second-order valence-electron chi connectivity index (χ2n) is 3.68. The van der Waals surface area contributed by atoms with Gasteiger partial charge in [-0.25, -0.2) is 9.37 Å². The van der Waals surface area contributed by atoms with E-state index >= 15 is 0 Å². The quantitative estimate of drug-likeness (QED) is 0.868. The Bertz CT molecular complexity index is 657. The molecule has 0 aliphatic carbocycles. The average molecular weight is 343 g/mol. The summed E-state index contributed by atoms with van der Waals surface area (Å²) in [6, 6.07) is 4.06. The molecule has 1 aromatic carbocycles. The van der Waals surface area contributed by atoms with E-state index in [0.717, 1.165) is 17.4 Å². The number of hydrogen-bond acceptors (Lipinski definition) is 4. The molecule has 0 spiro atoms. The molecule has 2 aromatic rings. The lowest BCUT2D eigenvalue weighted by atomic mass is 10.2. The normalized spacial score (nSPS) is 10.3. The number of thiazole rings is 1. The molecular weight excluding hydrogens is 335 g/mol. The molecule has 0 saturated carbocycles. The van der Waals surface area contributed by atoms with Gasteiger partial charge in [-0.2, -0.15) is 0 Å². The standard InChI is InChI=1S/C12H8BrFN2O2S/c1-6(17)10-5-19-12(15-10)16-11(18)7-2-3-8(13)9(14)4-7/h2-5H,1H3,(H,15,16,18). The van der Waals surface area contributed by atoms with Crippen LogP contribution in [0.15, 0.2) is 28.1 Å². The minimum absolute atomic E-state index is 0.175. The van der Waals surface area contributed by atoms with Crippen LogP contribution in [0.4, 0.5) is 9.52 Å². The van der Waals surface area contributed by atoms with Crippen molar-refractivity contribution in [1.82, 2.24) is 4.98 Å². The van der Waals surface area contributed by atoms with Gasteiger partial charge >= 0.3 is 0 Å². The van der Waals surface area contributed by atoms with Gasteiger partial charge in [-0.1, -0.05) is 0 Å². The van der Waals surface area contributed by atoms with Crippen molar-refractivity contribution < 1.29 is 14.0 Å². The Kier molecular flexibility index (Phi) is 4.06. The molecule has 0 atom stereocenters. The van der Waals surface area contributed by atoms with Gasteiger partial charge in [0.05, 0.1) is 4.47 Å². The number of benzene rings is 1. The third kappa shape index (κ3) is 3.24. The molecule has 19 heavy (non-hydrogen) atoms. The van der Waals surface area contributed by atoms with E-state index in [0.29, 0.717) is 10.8 Å². The van der Waals surface area contributed by atoms with Crippen molar-refractivity contribution in [2.45, 2.75) is 6.92 Å². The molecule has 0 radical (unpaired) electrons. The number of rotatable bonds is 3. The number of ketones is 1. The lowest BCUT2D eigenvalue weighted by Gasteiger charge is -2.02. The molecule has 0 fully saturated rings. The summed E-state index contributed by atoms with van der Waals surface area (Å²) in [5.74, 6) is -1.17. The summed E-state index contributed by atoms with van der Waals surface area (Å²) in [6.45, 7) is 1.39. The molecule has 98 valence electrons. The molecular formula is C12H8BrFN2O2S. The van der Waals surface area contributed by atoms with Crippen LogP contribution in [-0.2, 0) is 0 Å². The number of amides is 1. The zero-order chi connectivity index (χ0) is 14.0. The smallest absolute Gasteiger partial charge is 0.257 e. The number of hydrogen-bond donors (Lipinski definition) is 1. The van der Waals surface area contributed by atoms with Crippen molar-refractivity contribution in [3.63, 3.8) is 0 Å². The molecule has 1 heterocycles. The molecule has 4 nitrogen and oxygen atoms in total. The number of carbonyl (C=O) groups excluding carboxylic acids is 2. The molecule has 2 rings (SSSR count). The average Bonchev–Trinajstić information content (AvgIpc) is 2.81. The van der Waals surface area contributed by atoms with Crippen LogP contribution >= 0.6 is 27.3 Å². The largest absolute Gasteiger partial charge is 0.298 e. The molecule has 0 aliphatic heterocycles. The van der Waals surface area contributed by atoms with E-state index in [2.05, 4.69) is 26.2 Å². The Hall–Kier alpha value is -1.60. The lowest BCUT2D eigenvalue weighted by molar-refractivity contribution is 0.100. The Morgan fingerprint density at radius 1 is 1.42 bits per heavy atom. The van der Waals surface area contributed by atoms with Crippen LogP contribution in [0, 0.1) is 5.82 Å². The SMILES string of the molecule is CC(=O)c1csc(NC(=O)c2ccc(Br)c(F)c2)n1. The Labute approximate surface area is 120 Å². The van der Waals surface area contributed by atoms with Crippen LogP contribution in [0.5, 0.6) is 0 Å². The van der Waals surface area contributed by atoms with E-state index in [4.69, 9.17) is 0 Å². The van der Waals surface area contributed by atoms with Crippen LogP contribution in [0.3, 0.4) is 0 Å². The molecule has 0 unspecified atom stereocenters. The van der Waals surface area contributed by atoms with Gasteiger partial charge in [0, 0.05) is 17.9 Å². The number of halogens is 2. The Morgan fingerprint density at radius 2 is 2.16 bits per heavy atom. The van der Waals surface area contributed by atoms with Crippen molar-refractivity contribution in [1.29, 1.82) is 0 Å². The zero-order valence-electron chi connectivity index (χ0n) is 9.74. The number of carbonyl (C=O) groups is 2. The lowest BCUT2D eigenvalue weighted by Crippen LogP contribution is -2.12. The molecule has 7 heteroatoms. The topological polar surface area (TPSA) is 59.1 Å². The number of aromatic nitrogens is 1. The predicted molar refractivity (Wildman–Crippen MR) is 74.2 cm³/mol. The van der Waals surface area contributed by atoms with Crippen LogP contribution in [0.25, 0.3) is 0 Å². The Balaban J connectivity index is 2.15. The van der Waals surface area contributed by atoms with Crippen LogP contribution in [0.2, 0.25) is 0 Å². The summed E-state index contributed by atoms with van der Waals surface area (Å²) in [6.07, 6.45) is 0. The predicted octanol–water partition coefficient (Wildman–Crippen LogP) is 3.50. The fraction of sp³-hybridized carbons (Fsp3) is 0.0833. The monoisotopic (exact) mass is 342 g/mol. The van der Waals surface area contributed by atoms with Crippen LogP contribution in [0.1, 0.15) is 27.8 Å². The summed E-state index contributed by atoms with van der Waals surface area (Å²) in [5.41, 5.74) is 0.475. The number of anilines is 1. The molecule has 1 aromatic heterocycles. The minimum Gasteiger partial charge on any atom is -0.298 e. The van der Waals surface area contributed by atoms with Gasteiger partial charge in [0.15, 0.2) is 10.9 Å². The first-order valence-corrected chi connectivity index (χ1v) is 6.87. The summed E-state index contributed by atoms with van der Waals surface area (Å²) >= 11 is 4.15. The van der Waals surface area contributed by atoms with Gasteiger partial charge in [-0.05, 0) is 34.1 Å². The highest BCUT2D eigenvalue weighted by Crippen LogP contribution is 2.19. The van der Waals surface area contributed by atoms with Gasteiger partial charge in [-0.15, -0.1) is 11.3 Å². The highest BCUT2D eigenvalue weighted by molar-refractivity contribution is 9.10. The van der Waals surface area contributed by atoms with Gasteiger partial charge < -0.3 is 0 Å². The first kappa shape index (κ1) is 13.8. The zero-order valence-corrected chi connectivity index (χ0v) is 12.1. The molecule has 0 bridgehead atoms. The Morgan fingerprint density at radius 3 is 2.74 bits per heavy atom. The van der Waals surface area contributed by atoms with Crippen molar-refractivity contribution in [2.24, 2.45) is 0 Å². The van der Waals surface area contributed by atoms with Crippen molar-refractivity contribution in [3.8, 4) is 0 Å². The molecule has 1 N–H and O–H groups in total. The first-order chi connectivity index (χ1) is 8.97. The van der Waals surface area contributed by atoms with E-state index in [1.807, 2.05) is 0 Å². The maximum atomic E-state index is 13.3. The summed E-state index contributed by atoms with van der Waals surface area (Å²) < 4.78 is 13.6. The van der Waals surface area contributed by atoms with E-state index in [1.165, 1.54) is 19.1 Å². The van der Waals surface area contributed by atoms with E-state index in [9.17, 15) is 14.0 Å². The highest BCUT2D eigenvalue weighted by atomic mass is 79.9. The molecule has 0 saturated heterocycles. The van der Waals surface area contributed by atoms with Gasteiger partial charge in [0.1, 0.15) is 11.5 Å². The van der Waals surface area contributed by atoms with Crippen molar-refractivity contribution >= 4 is 44.1 Å². The number of nitrogens with one attached hydrogen (secondary N) is 1. The maximum absolute atomic E-state index is 13.3. The van der Waals surface area contributed by atoms with Gasteiger partial charge in [0.2, 0.25) is 0 Å². The van der Waals surface area contributed by atoms with Gasteiger partial charge in [0.25, 0.3) is 5.91 Å². The summed E-state index contributed by atoms with van der Waals surface area (Å²) in [7, 11) is 0. The summed E-state index contributed by atoms with van der Waals surface area (Å²) in [4.78, 5) is 26.9. The maximum Gasteiger partial charge on any atom is 0.257 e. The van der Waals surface area contributed by atoms with Gasteiger partial charge in [-0.3, -0.25) is 14.9 Å². The fourth-order valence-electron chi connectivity index (χ4n) is 1.30. The van der Waals surface area contributed by atoms with E-state index in [1.54, 1.807) is 5.38 Å². The first-order valence-electron chi connectivity index (χ1n) is 5.20. The van der Waals surface area contributed by atoms with Crippen LogP contribution < -0.4 is 5.32 Å². The van der Waals surface area contributed by atoms with Crippen LogP contribution in [-0.4, -0.2) is 16.7 Å². The third-order valence-electron chi connectivity index (χ3n) is 2.27. The van der Waals surface area contributed by atoms with E-state index in [-0.39, 0.29) is 15.8 Å². The van der Waals surface area contributed by atoms with E-state index < -0.39 is 11.7 Å². The number of Topliss-reactive ketones (excluding diaryl/α,β-unsaturated/α-hetero) is 1. The minimum atomic E-state index is -0.517. The summed E-state index contributed by atoms with van der Waals surface area (Å²) in [5, 5.41) is 4.37. The highest BCUT2D eigenvalue weighted by Gasteiger charge is 2.12. The molecule has 1 amide bonds. The number of nitrogens with zero attached hydrogens (tertiary/aromatic N) is 1. The van der Waals surface area contributed by atoms with Crippen molar-refractivity contribution in [2.75, 3.05) is 5.32 Å². The fourth-order valence-corrected chi connectivity index (χ4v) is 2.29. The second kappa shape index (κ2) is 5.58. The van der Waals surface area contributed by atoms with Crippen molar-refractivity contribution in [3.05, 3.63) is 45.1 Å². The molecule has 0 aliphatic rings. The second-order valence-corrected chi connectivity index (χ2v) is 5.39. The third-order valence-corrected chi connectivity index (χ3v) is 3.67.